The number of amides is 2. The minimum absolute atomic E-state index is 0.156. The van der Waals surface area contributed by atoms with E-state index in [0.717, 1.165) is 21.8 Å². The van der Waals surface area contributed by atoms with Crippen LogP contribution in [0, 0.1) is 0 Å². The molecular formula is C22H22N4O3S. The Bertz CT molecular complexity index is 1050. The first kappa shape index (κ1) is 20.0. The summed E-state index contributed by atoms with van der Waals surface area (Å²) >= 11 is 1.61. The summed E-state index contributed by atoms with van der Waals surface area (Å²) in [5, 5.41) is 12.6. The second-order valence-electron chi connectivity index (χ2n) is 7.10. The number of aliphatic carboxylic acids is 1. The lowest BCUT2D eigenvalue weighted by atomic mass is 10.0. The molecule has 4 rings (SSSR count). The minimum Gasteiger partial charge on any atom is -0.480 e. The largest absolute Gasteiger partial charge is 0.480 e. The summed E-state index contributed by atoms with van der Waals surface area (Å²) < 4.78 is 1.97. The molecule has 0 saturated heterocycles. The third-order valence-electron chi connectivity index (χ3n) is 5.20. The predicted octanol–water partition coefficient (Wildman–Crippen LogP) is 3.70. The van der Waals surface area contributed by atoms with E-state index in [9.17, 15) is 14.7 Å². The Morgan fingerprint density at radius 3 is 2.57 bits per heavy atom. The number of hydrogen-bond acceptors (Lipinski definition) is 4. The number of thioether (sulfide) groups is 1. The van der Waals surface area contributed by atoms with Gasteiger partial charge in [-0.05, 0) is 36.1 Å². The molecule has 2 heterocycles. The molecule has 30 heavy (non-hydrogen) atoms. The molecule has 154 valence electrons. The van der Waals surface area contributed by atoms with Crippen LogP contribution in [0.2, 0.25) is 0 Å². The van der Waals surface area contributed by atoms with Crippen molar-refractivity contribution in [2.24, 2.45) is 0 Å². The van der Waals surface area contributed by atoms with Gasteiger partial charge < -0.3 is 19.9 Å². The lowest BCUT2D eigenvalue weighted by molar-refractivity contribution is -0.142. The summed E-state index contributed by atoms with van der Waals surface area (Å²) in [4.78, 5) is 31.7. The number of anilines is 1. The molecule has 0 bridgehead atoms. The number of fused-ring (bicyclic) bond motifs is 1. The fourth-order valence-corrected chi connectivity index (χ4v) is 4.01. The first-order valence-corrected chi connectivity index (χ1v) is 10.8. The van der Waals surface area contributed by atoms with Crippen LogP contribution in [-0.4, -0.2) is 43.9 Å². The molecule has 3 aromatic rings. The molecule has 1 atom stereocenters. The normalized spacial score (nSPS) is 15.5. The van der Waals surface area contributed by atoms with E-state index in [1.54, 1.807) is 18.1 Å². The van der Waals surface area contributed by atoms with E-state index in [1.807, 2.05) is 65.4 Å². The average molecular weight is 423 g/mol. The first-order valence-electron chi connectivity index (χ1n) is 9.56. The van der Waals surface area contributed by atoms with E-state index < -0.39 is 18.0 Å². The van der Waals surface area contributed by atoms with Crippen molar-refractivity contribution in [2.45, 2.75) is 30.4 Å². The third-order valence-corrected chi connectivity index (χ3v) is 5.94. The maximum Gasteiger partial charge on any atom is 0.326 e. The molecule has 0 spiro atoms. The molecule has 8 heteroatoms. The SMILES string of the molecule is CSc1ccc(NC(=O)N2Cc3ncn(Cc4ccccc4)c3CC2C(=O)O)cc1. The molecule has 1 unspecified atom stereocenters. The van der Waals surface area contributed by atoms with Crippen LogP contribution >= 0.6 is 11.8 Å². The summed E-state index contributed by atoms with van der Waals surface area (Å²) in [6.45, 7) is 0.770. The number of hydrogen-bond donors (Lipinski definition) is 2. The van der Waals surface area contributed by atoms with Gasteiger partial charge in [0.15, 0.2) is 0 Å². The zero-order chi connectivity index (χ0) is 21.1. The van der Waals surface area contributed by atoms with Crippen LogP contribution in [0.3, 0.4) is 0 Å². The lowest BCUT2D eigenvalue weighted by Gasteiger charge is -2.33. The molecule has 2 N–H and O–H groups in total. The average Bonchev–Trinajstić information content (AvgIpc) is 3.15. The van der Waals surface area contributed by atoms with Crippen molar-refractivity contribution >= 4 is 29.4 Å². The lowest BCUT2D eigenvalue weighted by Crippen LogP contribution is -2.50. The van der Waals surface area contributed by atoms with Gasteiger partial charge in [0.1, 0.15) is 6.04 Å². The highest BCUT2D eigenvalue weighted by Crippen LogP contribution is 2.25. The molecule has 0 saturated carbocycles. The van der Waals surface area contributed by atoms with Gasteiger partial charge in [0.05, 0.1) is 18.6 Å². The number of rotatable bonds is 5. The Kier molecular flexibility index (Phi) is 5.76. The van der Waals surface area contributed by atoms with Crippen LogP contribution in [-0.2, 0) is 24.3 Å². The zero-order valence-corrected chi connectivity index (χ0v) is 17.3. The molecule has 2 aromatic carbocycles. The Morgan fingerprint density at radius 1 is 1.17 bits per heavy atom. The van der Waals surface area contributed by atoms with E-state index in [-0.39, 0.29) is 13.0 Å². The third kappa shape index (κ3) is 4.18. The molecule has 0 fully saturated rings. The molecule has 0 radical (unpaired) electrons. The van der Waals surface area contributed by atoms with Gasteiger partial charge >= 0.3 is 12.0 Å². The highest BCUT2D eigenvalue weighted by atomic mass is 32.2. The quantitative estimate of drug-likeness (QED) is 0.612. The summed E-state index contributed by atoms with van der Waals surface area (Å²) in [5.74, 6) is -1.03. The maximum absolute atomic E-state index is 12.9. The fourth-order valence-electron chi connectivity index (χ4n) is 3.60. The van der Waals surface area contributed by atoms with E-state index >= 15 is 0 Å². The van der Waals surface area contributed by atoms with Gasteiger partial charge in [0.2, 0.25) is 0 Å². The molecular weight excluding hydrogens is 400 g/mol. The van der Waals surface area contributed by atoms with Gasteiger partial charge in [-0.25, -0.2) is 14.6 Å². The molecule has 1 aliphatic heterocycles. The van der Waals surface area contributed by atoms with Gasteiger partial charge in [0, 0.05) is 29.2 Å². The zero-order valence-electron chi connectivity index (χ0n) is 16.5. The molecule has 1 aromatic heterocycles. The van der Waals surface area contributed by atoms with E-state index in [0.29, 0.717) is 12.2 Å². The van der Waals surface area contributed by atoms with E-state index in [1.165, 1.54) is 4.90 Å². The number of benzene rings is 2. The van der Waals surface area contributed by atoms with Crippen LogP contribution in [0.1, 0.15) is 17.0 Å². The number of nitrogens with one attached hydrogen (secondary N) is 1. The topological polar surface area (TPSA) is 87.5 Å². The van der Waals surface area contributed by atoms with E-state index in [4.69, 9.17) is 0 Å². The van der Waals surface area contributed by atoms with Crippen LogP contribution < -0.4 is 5.32 Å². The van der Waals surface area contributed by atoms with Crippen LogP contribution in [0.15, 0.2) is 65.8 Å². The van der Waals surface area contributed by atoms with Crippen LogP contribution in [0.5, 0.6) is 0 Å². The second-order valence-corrected chi connectivity index (χ2v) is 7.98. The van der Waals surface area contributed by atoms with Crippen molar-refractivity contribution < 1.29 is 14.7 Å². The molecule has 2 amide bonds. The number of carboxylic acids is 1. The van der Waals surface area contributed by atoms with Gasteiger partial charge in [-0.1, -0.05) is 30.3 Å². The highest BCUT2D eigenvalue weighted by molar-refractivity contribution is 7.98. The predicted molar refractivity (Wildman–Crippen MR) is 116 cm³/mol. The smallest absolute Gasteiger partial charge is 0.326 e. The Hall–Kier alpha value is -3.26. The minimum atomic E-state index is -1.03. The monoisotopic (exact) mass is 422 g/mol. The van der Waals surface area contributed by atoms with Gasteiger partial charge in [-0.2, -0.15) is 0 Å². The Morgan fingerprint density at radius 2 is 1.90 bits per heavy atom. The number of carbonyl (C=O) groups excluding carboxylic acids is 1. The van der Waals surface area contributed by atoms with Crippen LogP contribution in [0.4, 0.5) is 10.5 Å². The summed E-state index contributed by atoms with van der Waals surface area (Å²) in [5.41, 5.74) is 3.33. The van der Waals surface area contributed by atoms with Gasteiger partial charge in [-0.15, -0.1) is 11.8 Å². The number of nitrogens with zero attached hydrogens (tertiary/aromatic N) is 3. The van der Waals surface area contributed by atoms with Crippen LogP contribution in [0.25, 0.3) is 0 Å². The number of imidazole rings is 1. The standard InChI is InChI=1S/C22H22N4O3S/c1-30-17-9-7-16(8-10-17)24-22(29)26-13-18-19(11-20(26)21(27)28)25(14-23-18)12-15-5-3-2-4-6-15/h2-10,14,20H,11-13H2,1H3,(H,24,29)(H,27,28). The number of aromatic nitrogens is 2. The Labute approximate surface area is 178 Å². The van der Waals surface area contributed by atoms with E-state index in [2.05, 4.69) is 10.3 Å². The van der Waals surface area contributed by atoms with Crippen molar-refractivity contribution in [1.29, 1.82) is 0 Å². The number of carboxylic acid groups (broad SMARTS) is 1. The van der Waals surface area contributed by atoms with Crippen molar-refractivity contribution in [1.82, 2.24) is 14.5 Å². The fraction of sp³-hybridized carbons (Fsp3) is 0.227. The molecule has 0 aliphatic carbocycles. The van der Waals surface area contributed by atoms with Crippen molar-refractivity contribution in [3.05, 3.63) is 77.9 Å². The summed E-state index contributed by atoms with van der Waals surface area (Å²) in [6.07, 6.45) is 3.92. The van der Waals surface area contributed by atoms with Gasteiger partial charge in [0.25, 0.3) is 0 Å². The summed E-state index contributed by atoms with van der Waals surface area (Å²) in [6, 6.07) is 16.0. The molecule has 1 aliphatic rings. The van der Waals surface area contributed by atoms with Gasteiger partial charge in [-0.3, -0.25) is 0 Å². The van der Waals surface area contributed by atoms with Crippen molar-refractivity contribution in [2.75, 3.05) is 11.6 Å². The number of carbonyl (C=O) groups is 2. The maximum atomic E-state index is 12.9. The Balaban J connectivity index is 1.54. The second kappa shape index (κ2) is 8.62. The number of urea groups is 1. The first-order chi connectivity index (χ1) is 14.5. The highest BCUT2D eigenvalue weighted by Gasteiger charge is 2.37. The van der Waals surface area contributed by atoms with Crippen molar-refractivity contribution in [3.63, 3.8) is 0 Å². The molecule has 7 nitrogen and oxygen atoms in total. The van der Waals surface area contributed by atoms with Crippen molar-refractivity contribution in [3.8, 4) is 0 Å². The summed E-state index contributed by atoms with van der Waals surface area (Å²) in [7, 11) is 0.